The van der Waals surface area contributed by atoms with E-state index in [0.29, 0.717) is 13.0 Å². The number of ketones is 1. The minimum Gasteiger partial charge on any atom is -0.493 e. The summed E-state index contributed by atoms with van der Waals surface area (Å²) in [6, 6.07) is 0. The molecule has 2 heteroatoms. The third kappa shape index (κ3) is 1.09. The van der Waals surface area contributed by atoms with Crippen LogP contribution < -0.4 is 0 Å². The molecule has 0 aromatic heterocycles. The molecule has 1 aliphatic heterocycles. The van der Waals surface area contributed by atoms with E-state index in [0.717, 1.165) is 24.2 Å². The van der Waals surface area contributed by atoms with Gasteiger partial charge < -0.3 is 4.74 Å². The molecule has 0 N–H and O–H groups in total. The molecule has 0 amide bonds. The van der Waals surface area contributed by atoms with Crippen LogP contribution >= 0.6 is 0 Å². The zero-order chi connectivity index (χ0) is 7.68. The molecule has 0 fully saturated rings. The molecule has 58 valence electrons. The number of carbonyl (C=O) groups excluding carboxylic acids is 1. The van der Waals surface area contributed by atoms with Crippen LogP contribution in [0.1, 0.15) is 19.3 Å². The van der Waals surface area contributed by atoms with Gasteiger partial charge in [0.25, 0.3) is 0 Å². The summed E-state index contributed by atoms with van der Waals surface area (Å²) in [7, 11) is 0. The van der Waals surface area contributed by atoms with Gasteiger partial charge in [-0.2, -0.15) is 0 Å². The number of hydrogen-bond acceptors (Lipinski definition) is 2. The maximum atomic E-state index is 11.2. The van der Waals surface area contributed by atoms with E-state index in [1.807, 2.05) is 12.2 Å². The van der Waals surface area contributed by atoms with Gasteiger partial charge in [-0.3, -0.25) is 4.79 Å². The van der Waals surface area contributed by atoms with E-state index in [9.17, 15) is 4.79 Å². The van der Waals surface area contributed by atoms with Crippen LogP contribution in [0.15, 0.2) is 23.5 Å². The molecule has 0 saturated carbocycles. The molecule has 1 aliphatic carbocycles. The largest absolute Gasteiger partial charge is 0.493 e. The molecule has 1 heterocycles. The third-order valence-electron chi connectivity index (χ3n) is 2.05. The standard InChI is InChI=1S/C9H10O2/c10-8-4-1-5-9-7(8)3-2-6-11-9/h2-3H,1,4-6H2. The van der Waals surface area contributed by atoms with E-state index >= 15 is 0 Å². The Labute approximate surface area is 65.5 Å². The lowest BCUT2D eigenvalue weighted by atomic mass is 9.95. The molecule has 0 unspecified atom stereocenters. The number of hydrogen-bond donors (Lipinski definition) is 0. The lowest BCUT2D eigenvalue weighted by Gasteiger charge is -2.20. The van der Waals surface area contributed by atoms with Crippen molar-refractivity contribution in [2.45, 2.75) is 19.3 Å². The first-order valence-electron chi connectivity index (χ1n) is 3.93. The summed E-state index contributed by atoms with van der Waals surface area (Å²) >= 11 is 0. The second-order valence-electron chi connectivity index (χ2n) is 2.83. The van der Waals surface area contributed by atoms with Crippen LogP contribution in [0.3, 0.4) is 0 Å². The Morgan fingerprint density at radius 3 is 3.09 bits per heavy atom. The Morgan fingerprint density at radius 1 is 1.36 bits per heavy atom. The van der Waals surface area contributed by atoms with Gasteiger partial charge in [0.15, 0.2) is 5.78 Å². The molecule has 0 spiro atoms. The van der Waals surface area contributed by atoms with Crippen molar-refractivity contribution < 1.29 is 9.53 Å². The Bertz CT molecular complexity index is 248. The second-order valence-corrected chi connectivity index (χ2v) is 2.83. The lowest BCUT2D eigenvalue weighted by molar-refractivity contribution is -0.116. The van der Waals surface area contributed by atoms with E-state index in [1.54, 1.807) is 0 Å². The van der Waals surface area contributed by atoms with E-state index in [-0.39, 0.29) is 5.78 Å². The predicted octanol–water partition coefficient (Wildman–Crippen LogP) is 1.58. The summed E-state index contributed by atoms with van der Waals surface area (Å²) in [5.41, 5.74) is 0.808. The fourth-order valence-electron chi connectivity index (χ4n) is 1.48. The van der Waals surface area contributed by atoms with Gasteiger partial charge in [0.05, 0.1) is 5.57 Å². The van der Waals surface area contributed by atoms with E-state index in [2.05, 4.69) is 0 Å². The van der Waals surface area contributed by atoms with E-state index in [4.69, 9.17) is 4.74 Å². The van der Waals surface area contributed by atoms with Crippen LogP contribution in [0, 0.1) is 0 Å². The Kier molecular flexibility index (Phi) is 1.53. The lowest BCUT2D eigenvalue weighted by Crippen LogP contribution is -2.14. The van der Waals surface area contributed by atoms with Gasteiger partial charge in [-0.15, -0.1) is 0 Å². The van der Waals surface area contributed by atoms with Gasteiger partial charge in [0.1, 0.15) is 12.4 Å². The topological polar surface area (TPSA) is 26.3 Å². The first kappa shape index (κ1) is 6.65. The molecule has 2 nitrogen and oxygen atoms in total. The van der Waals surface area contributed by atoms with Crippen LogP contribution in [0.4, 0.5) is 0 Å². The van der Waals surface area contributed by atoms with E-state index in [1.165, 1.54) is 0 Å². The minimum absolute atomic E-state index is 0.238. The van der Waals surface area contributed by atoms with Crippen LogP contribution in [-0.4, -0.2) is 12.4 Å². The summed E-state index contributed by atoms with van der Waals surface area (Å²) in [4.78, 5) is 11.2. The summed E-state index contributed by atoms with van der Waals surface area (Å²) in [6.07, 6.45) is 6.35. The number of rotatable bonds is 0. The number of allylic oxidation sites excluding steroid dienone is 3. The average molecular weight is 150 g/mol. The zero-order valence-corrected chi connectivity index (χ0v) is 6.30. The molecule has 0 bridgehead atoms. The molecule has 0 aromatic rings. The summed E-state index contributed by atoms with van der Waals surface area (Å²) < 4.78 is 5.32. The van der Waals surface area contributed by atoms with Gasteiger partial charge in [0, 0.05) is 12.8 Å². The second kappa shape index (κ2) is 2.53. The first-order chi connectivity index (χ1) is 5.38. The summed E-state index contributed by atoms with van der Waals surface area (Å²) in [5.74, 6) is 1.14. The van der Waals surface area contributed by atoms with Crippen molar-refractivity contribution in [3.05, 3.63) is 23.5 Å². The molecular formula is C9H10O2. The molecule has 0 aromatic carbocycles. The van der Waals surface area contributed by atoms with Crippen LogP contribution in [0.2, 0.25) is 0 Å². The Hall–Kier alpha value is -1.05. The zero-order valence-electron chi connectivity index (χ0n) is 6.30. The highest BCUT2D eigenvalue weighted by Gasteiger charge is 2.20. The predicted molar refractivity (Wildman–Crippen MR) is 41.0 cm³/mol. The maximum absolute atomic E-state index is 11.2. The van der Waals surface area contributed by atoms with Gasteiger partial charge >= 0.3 is 0 Å². The average Bonchev–Trinajstić information content (AvgIpc) is 2.06. The van der Waals surface area contributed by atoms with Gasteiger partial charge in [-0.05, 0) is 18.6 Å². The molecule has 0 atom stereocenters. The molecule has 2 aliphatic rings. The quantitative estimate of drug-likeness (QED) is 0.524. The third-order valence-corrected chi connectivity index (χ3v) is 2.05. The maximum Gasteiger partial charge on any atom is 0.166 e. The van der Waals surface area contributed by atoms with Crippen molar-refractivity contribution in [1.82, 2.24) is 0 Å². The van der Waals surface area contributed by atoms with Crippen LogP contribution in [0.5, 0.6) is 0 Å². The highest BCUT2D eigenvalue weighted by Crippen LogP contribution is 2.25. The normalized spacial score (nSPS) is 23.1. The Morgan fingerprint density at radius 2 is 2.27 bits per heavy atom. The van der Waals surface area contributed by atoms with Crippen molar-refractivity contribution in [3.63, 3.8) is 0 Å². The SMILES string of the molecule is O=C1CCCC2=C1C=CCO2. The molecule has 11 heavy (non-hydrogen) atoms. The van der Waals surface area contributed by atoms with E-state index < -0.39 is 0 Å². The van der Waals surface area contributed by atoms with Crippen LogP contribution in [0.25, 0.3) is 0 Å². The van der Waals surface area contributed by atoms with Crippen molar-refractivity contribution in [2.75, 3.05) is 6.61 Å². The van der Waals surface area contributed by atoms with Crippen molar-refractivity contribution in [1.29, 1.82) is 0 Å². The van der Waals surface area contributed by atoms with Gasteiger partial charge in [-0.1, -0.05) is 0 Å². The van der Waals surface area contributed by atoms with Crippen LogP contribution in [-0.2, 0) is 9.53 Å². The molecule has 0 saturated heterocycles. The van der Waals surface area contributed by atoms with Gasteiger partial charge in [-0.25, -0.2) is 0 Å². The smallest absolute Gasteiger partial charge is 0.166 e. The molecule has 2 rings (SSSR count). The van der Waals surface area contributed by atoms with Crippen molar-refractivity contribution in [3.8, 4) is 0 Å². The van der Waals surface area contributed by atoms with Crippen molar-refractivity contribution >= 4 is 5.78 Å². The first-order valence-corrected chi connectivity index (χ1v) is 3.93. The highest BCUT2D eigenvalue weighted by molar-refractivity contribution is 5.99. The number of ether oxygens (including phenoxy) is 1. The number of Topliss-reactive ketones (excluding diaryl/α,β-unsaturated/α-hetero) is 1. The minimum atomic E-state index is 0.238. The summed E-state index contributed by atoms with van der Waals surface area (Å²) in [6.45, 7) is 0.631. The fraction of sp³-hybridized carbons (Fsp3) is 0.444. The summed E-state index contributed by atoms with van der Waals surface area (Å²) in [5, 5.41) is 0. The van der Waals surface area contributed by atoms with Crippen molar-refractivity contribution in [2.24, 2.45) is 0 Å². The number of carbonyl (C=O) groups is 1. The molecule has 0 radical (unpaired) electrons. The Balaban J connectivity index is 2.35. The van der Waals surface area contributed by atoms with Gasteiger partial charge in [0.2, 0.25) is 0 Å². The molecular weight excluding hydrogens is 140 g/mol. The highest BCUT2D eigenvalue weighted by atomic mass is 16.5. The fourth-order valence-corrected chi connectivity index (χ4v) is 1.48. The monoisotopic (exact) mass is 150 g/mol.